The minimum atomic E-state index is -4.41. The maximum atomic E-state index is 12.8. The minimum Gasteiger partial charge on any atom is -0.497 e. The molecule has 94 valence electrons. The Morgan fingerprint density at radius 1 is 1.35 bits per heavy atom. The molecule has 0 bridgehead atoms. The van der Waals surface area contributed by atoms with Crippen molar-refractivity contribution < 1.29 is 17.9 Å². The molecule has 0 aliphatic heterocycles. The molecule has 0 heterocycles. The third-order valence-electron chi connectivity index (χ3n) is 2.15. The molecule has 0 aliphatic carbocycles. The van der Waals surface area contributed by atoms with E-state index in [1.165, 1.54) is 31.4 Å². The Hall–Kier alpha value is -1.49. The van der Waals surface area contributed by atoms with Gasteiger partial charge in [0.25, 0.3) is 0 Å². The van der Waals surface area contributed by atoms with Crippen LogP contribution in [0.4, 0.5) is 13.2 Å². The number of alkyl halides is 3. The van der Waals surface area contributed by atoms with Crippen LogP contribution in [-0.2, 0) is 6.18 Å². The van der Waals surface area contributed by atoms with Crippen molar-refractivity contribution in [2.24, 2.45) is 5.73 Å². The second kappa shape index (κ2) is 5.23. The first kappa shape index (κ1) is 13.6. The third kappa shape index (κ3) is 3.78. The van der Waals surface area contributed by atoms with Crippen LogP contribution in [0.5, 0.6) is 5.75 Å². The summed E-state index contributed by atoms with van der Waals surface area (Å²) >= 11 is 0. The van der Waals surface area contributed by atoms with E-state index in [0.717, 1.165) is 6.07 Å². The van der Waals surface area contributed by atoms with Crippen molar-refractivity contribution in [2.75, 3.05) is 7.11 Å². The highest BCUT2D eigenvalue weighted by Crippen LogP contribution is 2.34. The fourth-order valence-electron chi connectivity index (χ4n) is 1.31. The molecule has 1 atom stereocenters. The van der Waals surface area contributed by atoms with Crippen LogP contribution in [0.25, 0.3) is 6.08 Å². The van der Waals surface area contributed by atoms with Gasteiger partial charge in [-0.1, -0.05) is 18.2 Å². The molecule has 1 aromatic rings. The SMILES string of the molecule is COc1ccc(/C=C/C(C)N)c(C(F)(F)F)c1. The quantitative estimate of drug-likeness (QED) is 0.888. The van der Waals surface area contributed by atoms with Crippen molar-refractivity contribution in [2.45, 2.75) is 19.1 Å². The number of ether oxygens (including phenoxy) is 1. The van der Waals surface area contributed by atoms with Crippen LogP contribution in [0.15, 0.2) is 24.3 Å². The molecule has 0 saturated carbocycles. The number of rotatable bonds is 3. The Morgan fingerprint density at radius 2 is 2.00 bits per heavy atom. The molecule has 0 fully saturated rings. The highest BCUT2D eigenvalue weighted by atomic mass is 19.4. The van der Waals surface area contributed by atoms with Crippen molar-refractivity contribution in [1.82, 2.24) is 0 Å². The zero-order chi connectivity index (χ0) is 13.1. The third-order valence-corrected chi connectivity index (χ3v) is 2.15. The maximum Gasteiger partial charge on any atom is 0.417 e. The molecular weight excluding hydrogens is 231 g/mol. The van der Waals surface area contributed by atoms with Crippen LogP contribution < -0.4 is 10.5 Å². The van der Waals surface area contributed by atoms with Crippen molar-refractivity contribution >= 4 is 6.08 Å². The van der Waals surface area contributed by atoms with Gasteiger partial charge in [0, 0.05) is 6.04 Å². The lowest BCUT2D eigenvalue weighted by molar-refractivity contribution is -0.137. The van der Waals surface area contributed by atoms with Gasteiger partial charge in [0.05, 0.1) is 12.7 Å². The van der Waals surface area contributed by atoms with E-state index >= 15 is 0 Å². The van der Waals surface area contributed by atoms with E-state index in [0.29, 0.717) is 0 Å². The largest absolute Gasteiger partial charge is 0.497 e. The average Bonchev–Trinajstić information content (AvgIpc) is 2.24. The summed E-state index contributed by atoms with van der Waals surface area (Å²) in [6.07, 6.45) is -1.53. The molecule has 17 heavy (non-hydrogen) atoms. The van der Waals surface area contributed by atoms with Crippen molar-refractivity contribution in [3.05, 3.63) is 35.4 Å². The molecule has 0 saturated heterocycles. The van der Waals surface area contributed by atoms with Gasteiger partial charge >= 0.3 is 6.18 Å². The van der Waals surface area contributed by atoms with Crippen LogP contribution in [0.2, 0.25) is 0 Å². The molecule has 1 rings (SSSR count). The van der Waals surface area contributed by atoms with E-state index in [2.05, 4.69) is 0 Å². The standard InChI is InChI=1S/C12H14F3NO/c1-8(16)3-4-9-5-6-10(17-2)7-11(9)12(13,14)15/h3-8H,16H2,1-2H3/b4-3+. The molecule has 0 aliphatic rings. The van der Waals surface area contributed by atoms with Gasteiger partial charge in [-0.05, 0) is 24.6 Å². The lowest BCUT2D eigenvalue weighted by Gasteiger charge is -2.12. The number of methoxy groups -OCH3 is 1. The molecule has 0 spiro atoms. The zero-order valence-corrected chi connectivity index (χ0v) is 9.58. The number of hydrogen-bond acceptors (Lipinski definition) is 2. The summed E-state index contributed by atoms with van der Waals surface area (Å²) in [7, 11) is 1.33. The van der Waals surface area contributed by atoms with Gasteiger partial charge in [-0.2, -0.15) is 13.2 Å². The fourth-order valence-corrected chi connectivity index (χ4v) is 1.31. The monoisotopic (exact) mass is 245 g/mol. The first-order valence-corrected chi connectivity index (χ1v) is 5.03. The molecule has 0 radical (unpaired) electrons. The van der Waals surface area contributed by atoms with E-state index in [4.69, 9.17) is 10.5 Å². The van der Waals surface area contributed by atoms with Gasteiger partial charge in [0.15, 0.2) is 0 Å². The number of halogens is 3. The Kier molecular flexibility index (Phi) is 4.17. The predicted octanol–water partition coefficient (Wildman–Crippen LogP) is 3.07. The Bertz CT molecular complexity index is 411. The van der Waals surface area contributed by atoms with Gasteiger partial charge in [0.2, 0.25) is 0 Å². The summed E-state index contributed by atoms with van der Waals surface area (Å²) in [4.78, 5) is 0. The minimum absolute atomic E-state index is 0.0793. The van der Waals surface area contributed by atoms with E-state index in [-0.39, 0.29) is 17.4 Å². The van der Waals surface area contributed by atoms with E-state index in [1.54, 1.807) is 6.92 Å². The number of benzene rings is 1. The molecule has 1 unspecified atom stereocenters. The molecule has 0 amide bonds. The second-order valence-corrected chi connectivity index (χ2v) is 3.67. The summed E-state index contributed by atoms with van der Waals surface area (Å²) in [6, 6.07) is 3.52. The first-order valence-electron chi connectivity index (χ1n) is 5.03. The van der Waals surface area contributed by atoms with Crippen molar-refractivity contribution in [1.29, 1.82) is 0 Å². The van der Waals surface area contributed by atoms with Gasteiger partial charge < -0.3 is 10.5 Å². The lowest BCUT2D eigenvalue weighted by Crippen LogP contribution is -2.11. The summed E-state index contributed by atoms with van der Waals surface area (Å²) in [6.45, 7) is 1.69. The van der Waals surface area contributed by atoms with Crippen LogP contribution in [0.1, 0.15) is 18.1 Å². The van der Waals surface area contributed by atoms with E-state index in [9.17, 15) is 13.2 Å². The zero-order valence-electron chi connectivity index (χ0n) is 9.58. The van der Waals surface area contributed by atoms with Crippen LogP contribution in [-0.4, -0.2) is 13.2 Å². The second-order valence-electron chi connectivity index (χ2n) is 3.67. The van der Waals surface area contributed by atoms with Gasteiger partial charge in [-0.15, -0.1) is 0 Å². The first-order chi connectivity index (χ1) is 7.84. The van der Waals surface area contributed by atoms with Crippen molar-refractivity contribution in [3.8, 4) is 5.75 Å². The lowest BCUT2D eigenvalue weighted by atomic mass is 10.1. The molecule has 0 aromatic heterocycles. The van der Waals surface area contributed by atoms with Crippen LogP contribution in [0, 0.1) is 0 Å². The van der Waals surface area contributed by atoms with Crippen molar-refractivity contribution in [3.63, 3.8) is 0 Å². The average molecular weight is 245 g/mol. The summed E-state index contributed by atoms with van der Waals surface area (Å²) in [5.41, 5.74) is 4.81. The Balaban J connectivity index is 3.21. The molecule has 5 heteroatoms. The Labute approximate surface area is 97.9 Å². The van der Waals surface area contributed by atoms with Crippen LogP contribution >= 0.6 is 0 Å². The number of nitrogens with two attached hydrogens (primary N) is 1. The van der Waals surface area contributed by atoms with Gasteiger partial charge in [-0.3, -0.25) is 0 Å². The van der Waals surface area contributed by atoms with Gasteiger partial charge in [0.1, 0.15) is 5.75 Å². The van der Waals surface area contributed by atoms with Gasteiger partial charge in [-0.25, -0.2) is 0 Å². The van der Waals surface area contributed by atoms with E-state index in [1.807, 2.05) is 0 Å². The summed E-state index contributed by atoms with van der Waals surface area (Å²) in [5.74, 6) is 0.176. The highest BCUT2D eigenvalue weighted by Gasteiger charge is 2.33. The Morgan fingerprint density at radius 3 is 2.47 bits per heavy atom. The maximum absolute atomic E-state index is 12.8. The molecular formula is C12H14F3NO. The summed E-state index contributed by atoms with van der Waals surface area (Å²) in [5, 5.41) is 0. The summed E-state index contributed by atoms with van der Waals surface area (Å²) < 4.78 is 43.1. The highest BCUT2D eigenvalue weighted by molar-refractivity contribution is 5.57. The number of hydrogen-bond donors (Lipinski definition) is 1. The fraction of sp³-hybridized carbons (Fsp3) is 0.333. The molecule has 2 N–H and O–H groups in total. The smallest absolute Gasteiger partial charge is 0.417 e. The predicted molar refractivity (Wildman–Crippen MR) is 60.7 cm³/mol. The van der Waals surface area contributed by atoms with Crippen LogP contribution in [0.3, 0.4) is 0 Å². The normalized spacial score (nSPS) is 14.0. The topological polar surface area (TPSA) is 35.2 Å². The van der Waals surface area contributed by atoms with E-state index < -0.39 is 11.7 Å². The molecule has 1 aromatic carbocycles. The molecule has 2 nitrogen and oxygen atoms in total.